The van der Waals surface area contributed by atoms with E-state index in [1.807, 2.05) is 19.9 Å². The molecule has 6 heteroatoms. The molecule has 2 rings (SSSR count). The predicted molar refractivity (Wildman–Crippen MR) is 84.9 cm³/mol. The molecule has 0 saturated heterocycles. The van der Waals surface area contributed by atoms with Gasteiger partial charge >= 0.3 is 0 Å². The summed E-state index contributed by atoms with van der Waals surface area (Å²) in [6, 6.07) is 10.5. The third kappa shape index (κ3) is 4.66. The lowest BCUT2D eigenvalue weighted by molar-refractivity contribution is -0.119. The van der Waals surface area contributed by atoms with Gasteiger partial charge in [-0.15, -0.1) is 0 Å². The van der Waals surface area contributed by atoms with Crippen molar-refractivity contribution in [2.75, 3.05) is 17.2 Å². The fourth-order valence-corrected chi connectivity index (χ4v) is 1.86. The van der Waals surface area contributed by atoms with Crippen LogP contribution in [0.4, 0.5) is 11.4 Å². The molecule has 3 N–H and O–H groups in total. The van der Waals surface area contributed by atoms with E-state index >= 15 is 0 Å². The number of rotatable bonds is 6. The molecule has 0 unspecified atom stereocenters. The number of furan rings is 1. The Balaban J connectivity index is 1.92. The molecule has 2 aromatic rings. The molecule has 6 nitrogen and oxygen atoms in total. The van der Waals surface area contributed by atoms with Crippen molar-refractivity contribution < 1.29 is 14.0 Å². The van der Waals surface area contributed by atoms with Crippen LogP contribution in [0.25, 0.3) is 0 Å². The highest BCUT2D eigenvalue weighted by Gasteiger charge is 2.09. The van der Waals surface area contributed by atoms with Crippen LogP contribution in [0.5, 0.6) is 0 Å². The number of amides is 2. The quantitative estimate of drug-likeness (QED) is 0.765. The maximum atomic E-state index is 11.9. The van der Waals surface area contributed by atoms with E-state index in [1.165, 1.54) is 6.26 Å². The first-order chi connectivity index (χ1) is 10.5. The molecule has 22 heavy (non-hydrogen) atoms. The third-order valence-electron chi connectivity index (χ3n) is 2.77. The van der Waals surface area contributed by atoms with Crippen LogP contribution in [0.3, 0.4) is 0 Å². The average Bonchev–Trinajstić information content (AvgIpc) is 2.99. The van der Waals surface area contributed by atoms with Gasteiger partial charge in [0.1, 0.15) is 0 Å². The highest BCUT2D eigenvalue weighted by molar-refractivity contribution is 6.02. The fraction of sp³-hybridized carbons (Fsp3) is 0.250. The molecule has 0 bridgehead atoms. The highest BCUT2D eigenvalue weighted by Crippen LogP contribution is 2.16. The zero-order valence-corrected chi connectivity index (χ0v) is 12.6. The average molecular weight is 301 g/mol. The normalized spacial score (nSPS) is 10.3. The van der Waals surface area contributed by atoms with Gasteiger partial charge < -0.3 is 20.4 Å². The summed E-state index contributed by atoms with van der Waals surface area (Å²) >= 11 is 0. The zero-order valence-electron chi connectivity index (χ0n) is 12.6. The van der Waals surface area contributed by atoms with Gasteiger partial charge in [-0.25, -0.2) is 0 Å². The monoisotopic (exact) mass is 301 g/mol. The summed E-state index contributed by atoms with van der Waals surface area (Å²) in [7, 11) is 0. The molecule has 0 saturated carbocycles. The maximum absolute atomic E-state index is 11.9. The molecular weight excluding hydrogens is 282 g/mol. The number of nitrogens with one attached hydrogen (secondary N) is 3. The third-order valence-corrected chi connectivity index (χ3v) is 2.77. The molecule has 0 spiro atoms. The van der Waals surface area contributed by atoms with E-state index in [-0.39, 0.29) is 30.2 Å². The molecule has 0 aliphatic carbocycles. The lowest BCUT2D eigenvalue weighted by Crippen LogP contribution is -2.34. The van der Waals surface area contributed by atoms with E-state index in [0.717, 1.165) is 5.69 Å². The number of carbonyl (C=O) groups excluding carboxylic acids is 2. The van der Waals surface area contributed by atoms with Crippen molar-refractivity contribution in [1.82, 2.24) is 5.32 Å². The van der Waals surface area contributed by atoms with Crippen LogP contribution in [0.15, 0.2) is 47.1 Å². The second-order valence-corrected chi connectivity index (χ2v) is 5.09. The number of anilines is 2. The zero-order chi connectivity index (χ0) is 15.9. The highest BCUT2D eigenvalue weighted by atomic mass is 16.3. The first-order valence-corrected chi connectivity index (χ1v) is 7.03. The minimum Gasteiger partial charge on any atom is -0.459 e. The molecule has 1 aromatic heterocycles. The molecule has 116 valence electrons. The van der Waals surface area contributed by atoms with E-state index < -0.39 is 0 Å². The number of hydrogen-bond acceptors (Lipinski definition) is 4. The van der Waals surface area contributed by atoms with Crippen LogP contribution in [0, 0.1) is 0 Å². The Morgan fingerprint density at radius 2 is 1.91 bits per heavy atom. The van der Waals surface area contributed by atoms with Gasteiger partial charge in [0.25, 0.3) is 5.91 Å². The summed E-state index contributed by atoms with van der Waals surface area (Å²) in [5, 5.41) is 8.54. The van der Waals surface area contributed by atoms with Gasteiger partial charge in [-0.3, -0.25) is 9.59 Å². The Hall–Kier alpha value is -2.76. The second-order valence-electron chi connectivity index (χ2n) is 5.09. The van der Waals surface area contributed by atoms with Crippen LogP contribution in [-0.2, 0) is 4.79 Å². The fourth-order valence-electron chi connectivity index (χ4n) is 1.86. The Bertz CT molecular complexity index is 636. The Labute approximate surface area is 128 Å². The van der Waals surface area contributed by atoms with E-state index in [9.17, 15) is 9.59 Å². The van der Waals surface area contributed by atoms with E-state index in [1.54, 1.807) is 30.3 Å². The predicted octanol–water partition coefficient (Wildman–Crippen LogP) is 2.47. The molecule has 0 aliphatic heterocycles. The van der Waals surface area contributed by atoms with Gasteiger partial charge in [0.2, 0.25) is 5.91 Å². The molecule has 1 aromatic carbocycles. The number of carbonyl (C=O) groups is 2. The van der Waals surface area contributed by atoms with Gasteiger partial charge in [-0.2, -0.15) is 0 Å². The van der Waals surface area contributed by atoms with Gasteiger partial charge in [-0.05, 0) is 44.2 Å². The van der Waals surface area contributed by atoms with Crippen molar-refractivity contribution in [2.45, 2.75) is 19.9 Å². The Morgan fingerprint density at radius 1 is 1.14 bits per heavy atom. The van der Waals surface area contributed by atoms with Gasteiger partial charge in [0, 0.05) is 17.4 Å². The number of benzene rings is 1. The minimum absolute atomic E-state index is 0.0833. The van der Waals surface area contributed by atoms with E-state index in [4.69, 9.17) is 4.42 Å². The smallest absolute Gasteiger partial charge is 0.291 e. The summed E-state index contributed by atoms with van der Waals surface area (Å²) < 4.78 is 5.03. The van der Waals surface area contributed by atoms with Crippen molar-refractivity contribution >= 4 is 23.2 Å². The van der Waals surface area contributed by atoms with Crippen LogP contribution in [0.2, 0.25) is 0 Å². The summed E-state index contributed by atoms with van der Waals surface area (Å²) in [6.45, 7) is 3.99. The number of hydrogen-bond donors (Lipinski definition) is 3. The van der Waals surface area contributed by atoms with Crippen molar-refractivity contribution in [3.8, 4) is 0 Å². The van der Waals surface area contributed by atoms with E-state index in [2.05, 4.69) is 16.0 Å². The molecule has 0 aliphatic rings. The summed E-state index contributed by atoms with van der Waals surface area (Å²) in [4.78, 5) is 23.5. The maximum Gasteiger partial charge on any atom is 0.291 e. The Kier molecular flexibility index (Phi) is 5.19. The van der Waals surface area contributed by atoms with Crippen LogP contribution in [-0.4, -0.2) is 24.4 Å². The van der Waals surface area contributed by atoms with Crippen molar-refractivity contribution in [3.63, 3.8) is 0 Å². The largest absolute Gasteiger partial charge is 0.459 e. The summed E-state index contributed by atoms with van der Waals surface area (Å²) in [6.07, 6.45) is 1.44. The second kappa shape index (κ2) is 7.31. The SMILES string of the molecule is CC(C)NC(=O)CNc1cccc(NC(=O)c2ccco2)c1. The van der Waals surface area contributed by atoms with Gasteiger partial charge in [0.05, 0.1) is 12.8 Å². The van der Waals surface area contributed by atoms with Crippen molar-refractivity contribution in [3.05, 3.63) is 48.4 Å². The molecule has 0 atom stereocenters. The van der Waals surface area contributed by atoms with Crippen LogP contribution < -0.4 is 16.0 Å². The molecule has 0 fully saturated rings. The lowest BCUT2D eigenvalue weighted by Gasteiger charge is -2.11. The molecular formula is C16H19N3O3. The van der Waals surface area contributed by atoms with Gasteiger partial charge in [-0.1, -0.05) is 6.07 Å². The summed E-state index contributed by atoms with van der Waals surface area (Å²) in [5.41, 5.74) is 1.37. The van der Waals surface area contributed by atoms with Crippen LogP contribution in [0.1, 0.15) is 24.4 Å². The molecule has 1 heterocycles. The first-order valence-electron chi connectivity index (χ1n) is 7.03. The molecule has 2 amide bonds. The topological polar surface area (TPSA) is 83.4 Å². The van der Waals surface area contributed by atoms with Crippen LogP contribution >= 0.6 is 0 Å². The summed E-state index contributed by atoms with van der Waals surface area (Å²) in [5.74, 6) is -0.158. The standard InChI is InChI=1S/C16H19N3O3/c1-11(2)18-15(20)10-17-12-5-3-6-13(9-12)19-16(21)14-7-4-8-22-14/h3-9,11,17H,10H2,1-2H3,(H,18,20)(H,19,21). The Morgan fingerprint density at radius 3 is 2.59 bits per heavy atom. The van der Waals surface area contributed by atoms with Crippen molar-refractivity contribution in [1.29, 1.82) is 0 Å². The van der Waals surface area contributed by atoms with E-state index in [0.29, 0.717) is 5.69 Å². The van der Waals surface area contributed by atoms with Crippen molar-refractivity contribution in [2.24, 2.45) is 0 Å². The first kappa shape index (κ1) is 15.6. The van der Waals surface area contributed by atoms with Gasteiger partial charge in [0.15, 0.2) is 5.76 Å². The molecule has 0 radical (unpaired) electrons. The minimum atomic E-state index is -0.320. The lowest BCUT2D eigenvalue weighted by atomic mass is 10.2.